The molecule has 1 aliphatic carbocycles. The fourth-order valence-corrected chi connectivity index (χ4v) is 4.96. The van der Waals surface area contributed by atoms with E-state index in [1.807, 2.05) is 48.5 Å². The predicted molar refractivity (Wildman–Crippen MR) is 111 cm³/mol. The summed E-state index contributed by atoms with van der Waals surface area (Å²) in [7, 11) is -3.46. The maximum atomic E-state index is 12.9. The smallest absolute Gasteiger partial charge is 0.220 e. The van der Waals surface area contributed by atoms with E-state index in [1.165, 1.54) is 4.31 Å². The number of rotatable bonds is 7. The van der Waals surface area contributed by atoms with Crippen LogP contribution in [-0.2, 0) is 33.5 Å². The van der Waals surface area contributed by atoms with Crippen molar-refractivity contribution in [3.63, 3.8) is 0 Å². The van der Waals surface area contributed by atoms with E-state index in [2.05, 4.69) is 5.32 Å². The van der Waals surface area contributed by atoms with Gasteiger partial charge < -0.3 is 10.1 Å². The number of hydrogen-bond donors (Lipinski definition) is 1. The minimum atomic E-state index is -3.46. The van der Waals surface area contributed by atoms with Crippen LogP contribution in [0.15, 0.2) is 48.5 Å². The standard InChI is InChI=1S/C22H26N2O4S/c25-22(23-20-8-9-20)11-7-17-6-10-21-19(14-17)15-24(12-13-28-21)29(26,27)16-18-4-2-1-3-5-18/h1-6,10,14,20H,7-9,11-13,15-16H2,(H,23,25). The lowest BCUT2D eigenvalue weighted by Crippen LogP contribution is -2.33. The number of nitrogens with zero attached hydrogens (tertiary/aromatic N) is 1. The second-order valence-electron chi connectivity index (χ2n) is 7.71. The van der Waals surface area contributed by atoms with Gasteiger partial charge in [-0.2, -0.15) is 4.31 Å². The van der Waals surface area contributed by atoms with Gasteiger partial charge in [0.25, 0.3) is 0 Å². The second kappa shape index (κ2) is 8.55. The average Bonchev–Trinajstić information content (AvgIpc) is 3.52. The monoisotopic (exact) mass is 414 g/mol. The molecule has 1 saturated carbocycles. The fourth-order valence-electron chi connectivity index (χ4n) is 3.48. The zero-order valence-electron chi connectivity index (χ0n) is 16.3. The molecule has 0 unspecified atom stereocenters. The zero-order valence-corrected chi connectivity index (χ0v) is 17.2. The SMILES string of the molecule is O=C(CCc1ccc2c(c1)CN(S(=O)(=O)Cc1ccccc1)CCO2)NC1CC1. The van der Waals surface area contributed by atoms with Crippen LogP contribution in [0.3, 0.4) is 0 Å². The Hall–Kier alpha value is -2.38. The Labute approximate surface area is 171 Å². The van der Waals surface area contributed by atoms with Crippen molar-refractivity contribution < 1.29 is 17.9 Å². The van der Waals surface area contributed by atoms with Gasteiger partial charge in [0, 0.05) is 31.1 Å². The van der Waals surface area contributed by atoms with E-state index < -0.39 is 10.0 Å². The highest BCUT2D eigenvalue weighted by molar-refractivity contribution is 7.88. The molecule has 1 amide bonds. The Morgan fingerprint density at radius 3 is 2.66 bits per heavy atom. The molecule has 1 heterocycles. The summed E-state index contributed by atoms with van der Waals surface area (Å²) in [6.07, 6.45) is 3.22. The quantitative estimate of drug-likeness (QED) is 0.756. The Morgan fingerprint density at radius 1 is 1.10 bits per heavy atom. The summed E-state index contributed by atoms with van der Waals surface area (Å²) in [5, 5.41) is 3.00. The van der Waals surface area contributed by atoms with Gasteiger partial charge in [0.05, 0.1) is 5.75 Å². The summed E-state index contributed by atoms with van der Waals surface area (Å²) in [6.45, 7) is 0.930. The van der Waals surface area contributed by atoms with E-state index in [-0.39, 0.29) is 18.2 Å². The molecule has 2 aromatic rings. The van der Waals surface area contributed by atoms with Crippen molar-refractivity contribution in [1.29, 1.82) is 0 Å². The van der Waals surface area contributed by atoms with Crippen LogP contribution >= 0.6 is 0 Å². The first-order valence-corrected chi connectivity index (χ1v) is 11.7. The Kier molecular flexibility index (Phi) is 5.87. The Morgan fingerprint density at radius 2 is 1.90 bits per heavy atom. The van der Waals surface area contributed by atoms with E-state index >= 15 is 0 Å². The summed E-state index contributed by atoms with van der Waals surface area (Å²) in [5.41, 5.74) is 2.63. The number of nitrogens with one attached hydrogen (secondary N) is 1. The molecule has 0 radical (unpaired) electrons. The van der Waals surface area contributed by atoms with Gasteiger partial charge in [-0.05, 0) is 36.5 Å². The van der Waals surface area contributed by atoms with Crippen molar-refractivity contribution in [3.05, 3.63) is 65.2 Å². The van der Waals surface area contributed by atoms with Gasteiger partial charge in [0.1, 0.15) is 12.4 Å². The number of amides is 1. The number of aryl methyl sites for hydroxylation is 1. The number of carbonyl (C=O) groups excluding carboxylic acids is 1. The van der Waals surface area contributed by atoms with Crippen LogP contribution in [0.4, 0.5) is 0 Å². The molecule has 1 N–H and O–H groups in total. The fraction of sp³-hybridized carbons (Fsp3) is 0.409. The van der Waals surface area contributed by atoms with Crippen LogP contribution in [-0.4, -0.2) is 37.8 Å². The third-order valence-electron chi connectivity index (χ3n) is 5.24. The lowest BCUT2D eigenvalue weighted by molar-refractivity contribution is -0.121. The van der Waals surface area contributed by atoms with Gasteiger partial charge >= 0.3 is 0 Å². The Bertz CT molecular complexity index is 972. The highest BCUT2D eigenvalue weighted by atomic mass is 32.2. The first-order valence-electron chi connectivity index (χ1n) is 10.1. The molecule has 6 nitrogen and oxygen atoms in total. The summed E-state index contributed by atoms with van der Waals surface area (Å²) >= 11 is 0. The van der Waals surface area contributed by atoms with Crippen LogP contribution in [0, 0.1) is 0 Å². The maximum Gasteiger partial charge on any atom is 0.220 e. The lowest BCUT2D eigenvalue weighted by Gasteiger charge is -2.19. The van der Waals surface area contributed by atoms with Gasteiger partial charge in [-0.3, -0.25) is 4.79 Å². The van der Waals surface area contributed by atoms with Crippen LogP contribution < -0.4 is 10.1 Å². The van der Waals surface area contributed by atoms with E-state index in [0.29, 0.717) is 37.8 Å². The molecule has 154 valence electrons. The van der Waals surface area contributed by atoms with Crippen LogP contribution in [0.5, 0.6) is 5.75 Å². The van der Waals surface area contributed by atoms with Crippen molar-refractivity contribution in [2.24, 2.45) is 0 Å². The lowest BCUT2D eigenvalue weighted by atomic mass is 10.1. The van der Waals surface area contributed by atoms with E-state index in [4.69, 9.17) is 4.74 Å². The first kappa shape index (κ1) is 19.9. The van der Waals surface area contributed by atoms with Gasteiger partial charge in [0.2, 0.25) is 15.9 Å². The van der Waals surface area contributed by atoms with Crippen molar-refractivity contribution in [2.75, 3.05) is 13.2 Å². The minimum absolute atomic E-state index is 0.0236. The van der Waals surface area contributed by atoms with Crippen molar-refractivity contribution >= 4 is 15.9 Å². The molecule has 0 bridgehead atoms. The van der Waals surface area contributed by atoms with E-state index in [1.54, 1.807) is 0 Å². The first-order chi connectivity index (χ1) is 14.0. The summed E-state index contributed by atoms with van der Waals surface area (Å²) in [5.74, 6) is 0.767. The second-order valence-corrected chi connectivity index (χ2v) is 9.68. The normalized spacial score (nSPS) is 17.1. The molecule has 2 aromatic carbocycles. The molecule has 1 aliphatic heterocycles. The topological polar surface area (TPSA) is 75.7 Å². The number of benzene rings is 2. The van der Waals surface area contributed by atoms with E-state index in [0.717, 1.165) is 29.5 Å². The average molecular weight is 415 g/mol. The third-order valence-corrected chi connectivity index (χ3v) is 7.03. The van der Waals surface area contributed by atoms with E-state index in [9.17, 15) is 13.2 Å². The minimum Gasteiger partial charge on any atom is -0.492 e. The maximum absolute atomic E-state index is 12.9. The molecule has 4 rings (SSSR count). The van der Waals surface area contributed by atoms with Crippen LogP contribution in [0.1, 0.15) is 36.0 Å². The van der Waals surface area contributed by atoms with Crippen molar-refractivity contribution in [2.45, 2.75) is 44.0 Å². The summed E-state index contributed by atoms with van der Waals surface area (Å²) in [6, 6.07) is 15.4. The number of hydrogen-bond acceptors (Lipinski definition) is 4. The predicted octanol–water partition coefficient (Wildman–Crippen LogP) is 2.62. The molecule has 0 spiro atoms. The molecule has 0 aromatic heterocycles. The van der Waals surface area contributed by atoms with Gasteiger partial charge in [-0.15, -0.1) is 0 Å². The zero-order chi connectivity index (χ0) is 20.3. The third kappa shape index (κ3) is 5.36. The van der Waals surface area contributed by atoms with Crippen LogP contribution in [0.2, 0.25) is 0 Å². The van der Waals surface area contributed by atoms with Crippen molar-refractivity contribution in [3.8, 4) is 5.75 Å². The number of fused-ring (bicyclic) bond motifs is 1. The number of ether oxygens (including phenoxy) is 1. The number of sulfonamides is 1. The molecule has 0 saturated heterocycles. The largest absolute Gasteiger partial charge is 0.492 e. The Balaban J connectivity index is 1.44. The van der Waals surface area contributed by atoms with Crippen LogP contribution in [0.25, 0.3) is 0 Å². The molecule has 0 atom stereocenters. The highest BCUT2D eigenvalue weighted by Gasteiger charge is 2.27. The highest BCUT2D eigenvalue weighted by Crippen LogP contribution is 2.27. The van der Waals surface area contributed by atoms with Gasteiger partial charge in [-0.1, -0.05) is 42.5 Å². The van der Waals surface area contributed by atoms with Gasteiger partial charge in [-0.25, -0.2) is 8.42 Å². The molecule has 29 heavy (non-hydrogen) atoms. The molecular formula is C22H26N2O4S. The molecule has 7 heteroatoms. The summed E-state index contributed by atoms with van der Waals surface area (Å²) < 4.78 is 33.2. The number of carbonyl (C=O) groups is 1. The van der Waals surface area contributed by atoms with Gasteiger partial charge in [0.15, 0.2) is 0 Å². The molecule has 1 fully saturated rings. The molecular weight excluding hydrogens is 388 g/mol. The van der Waals surface area contributed by atoms with Crippen molar-refractivity contribution in [1.82, 2.24) is 9.62 Å². The summed E-state index contributed by atoms with van der Waals surface area (Å²) in [4.78, 5) is 11.9. The molecule has 2 aliphatic rings.